The Bertz CT molecular complexity index is 853. The highest BCUT2D eigenvalue weighted by atomic mass is 35.5. The first-order chi connectivity index (χ1) is 12.8. The van der Waals surface area contributed by atoms with Crippen LogP contribution in [0.4, 0.5) is 13.2 Å². The van der Waals surface area contributed by atoms with E-state index in [1.54, 1.807) is 35.2 Å². The van der Waals surface area contributed by atoms with Crippen LogP contribution in [0, 0.1) is 0 Å². The summed E-state index contributed by atoms with van der Waals surface area (Å²) in [5.41, 5.74) is 0.706. The van der Waals surface area contributed by atoms with Gasteiger partial charge in [0.05, 0.1) is 18.5 Å². The number of benzene rings is 2. The maximum Gasteiger partial charge on any atom is 0.416 e. The van der Waals surface area contributed by atoms with Gasteiger partial charge in [0.15, 0.2) is 5.17 Å². The average Bonchev–Trinajstić information content (AvgIpc) is 3.10. The molecule has 0 radical (unpaired) electrons. The largest absolute Gasteiger partial charge is 0.416 e. The molecule has 0 saturated carbocycles. The third-order valence-electron chi connectivity index (χ3n) is 3.99. The lowest BCUT2D eigenvalue weighted by molar-refractivity contribution is -0.137. The molecule has 3 nitrogen and oxygen atoms in total. The van der Waals surface area contributed by atoms with Crippen molar-refractivity contribution >= 4 is 34.4 Å². The molecule has 8 heteroatoms. The highest BCUT2D eigenvalue weighted by molar-refractivity contribution is 8.13. The van der Waals surface area contributed by atoms with Gasteiger partial charge in [-0.15, -0.1) is 0 Å². The molecule has 1 aliphatic heterocycles. The van der Waals surface area contributed by atoms with Gasteiger partial charge in [-0.3, -0.25) is 14.7 Å². The van der Waals surface area contributed by atoms with Crippen LogP contribution in [0.15, 0.2) is 53.5 Å². The maximum absolute atomic E-state index is 12.8. The molecule has 0 N–H and O–H groups in total. The normalized spacial score (nSPS) is 14.4. The third kappa shape index (κ3) is 5.26. The monoisotopic (exact) mass is 412 g/mol. The molecule has 2 aromatic carbocycles. The van der Waals surface area contributed by atoms with Crippen LogP contribution in [0.5, 0.6) is 0 Å². The van der Waals surface area contributed by atoms with Crippen molar-refractivity contribution in [3.05, 3.63) is 70.2 Å². The van der Waals surface area contributed by atoms with Crippen molar-refractivity contribution in [2.45, 2.75) is 18.3 Å². The van der Waals surface area contributed by atoms with E-state index in [0.29, 0.717) is 34.6 Å². The highest BCUT2D eigenvalue weighted by Crippen LogP contribution is 2.30. The standard InChI is InChI=1S/C19H16ClF3N2OS/c20-16-6-4-13(5-7-16)11-17(26)25-9-8-24-18(25)27-12-14-2-1-3-15(10-14)19(21,22)23/h1-7,10H,8-9,11-12H2. The Morgan fingerprint density at radius 2 is 1.89 bits per heavy atom. The predicted molar refractivity (Wildman–Crippen MR) is 102 cm³/mol. The Labute approximate surface area is 164 Å². The molecule has 0 bridgehead atoms. The summed E-state index contributed by atoms with van der Waals surface area (Å²) in [4.78, 5) is 18.5. The Kier molecular flexibility index (Phi) is 6.11. The van der Waals surface area contributed by atoms with E-state index in [1.807, 2.05) is 0 Å². The van der Waals surface area contributed by atoms with E-state index >= 15 is 0 Å². The van der Waals surface area contributed by atoms with E-state index in [-0.39, 0.29) is 12.3 Å². The Morgan fingerprint density at radius 1 is 1.15 bits per heavy atom. The van der Waals surface area contributed by atoms with Gasteiger partial charge in [0.25, 0.3) is 0 Å². The summed E-state index contributed by atoms with van der Waals surface area (Å²) < 4.78 is 38.5. The number of amidine groups is 1. The van der Waals surface area contributed by atoms with Crippen molar-refractivity contribution in [2.75, 3.05) is 13.1 Å². The van der Waals surface area contributed by atoms with Crippen LogP contribution in [0.2, 0.25) is 5.02 Å². The molecule has 0 atom stereocenters. The van der Waals surface area contributed by atoms with Crippen LogP contribution in [-0.2, 0) is 23.1 Å². The van der Waals surface area contributed by atoms with Crippen molar-refractivity contribution < 1.29 is 18.0 Å². The van der Waals surface area contributed by atoms with Crippen molar-refractivity contribution in [2.24, 2.45) is 4.99 Å². The fourth-order valence-corrected chi connectivity index (χ4v) is 3.77. The second-order valence-electron chi connectivity index (χ2n) is 6.00. The molecule has 2 aromatic rings. The molecular weight excluding hydrogens is 397 g/mol. The lowest BCUT2D eigenvalue weighted by atomic mass is 10.1. The van der Waals surface area contributed by atoms with E-state index in [1.165, 1.54) is 17.8 Å². The number of nitrogens with zero attached hydrogens (tertiary/aromatic N) is 2. The van der Waals surface area contributed by atoms with Gasteiger partial charge in [0.1, 0.15) is 0 Å². The van der Waals surface area contributed by atoms with E-state index in [9.17, 15) is 18.0 Å². The summed E-state index contributed by atoms with van der Waals surface area (Å²) in [6, 6.07) is 12.2. The Balaban J connectivity index is 1.61. The van der Waals surface area contributed by atoms with Crippen LogP contribution in [0.3, 0.4) is 0 Å². The molecule has 0 aliphatic carbocycles. The van der Waals surface area contributed by atoms with Gasteiger partial charge in [0, 0.05) is 17.3 Å². The van der Waals surface area contributed by atoms with Crippen LogP contribution in [0.25, 0.3) is 0 Å². The molecule has 142 valence electrons. The zero-order chi connectivity index (χ0) is 19.4. The zero-order valence-corrected chi connectivity index (χ0v) is 15.7. The van der Waals surface area contributed by atoms with Crippen LogP contribution < -0.4 is 0 Å². The Hall–Kier alpha value is -1.99. The molecule has 1 aliphatic rings. The van der Waals surface area contributed by atoms with Gasteiger partial charge in [0.2, 0.25) is 5.91 Å². The summed E-state index contributed by atoms with van der Waals surface area (Å²) in [5.74, 6) is 0.220. The smallest absolute Gasteiger partial charge is 0.289 e. The lowest BCUT2D eigenvalue weighted by Crippen LogP contribution is -2.34. The van der Waals surface area contributed by atoms with Gasteiger partial charge in [-0.1, -0.05) is 53.7 Å². The number of aliphatic imine (C=N–C) groups is 1. The molecule has 0 saturated heterocycles. The predicted octanol–water partition coefficient (Wildman–Crippen LogP) is 5.03. The van der Waals surface area contributed by atoms with E-state index in [2.05, 4.69) is 4.99 Å². The SMILES string of the molecule is O=C(Cc1ccc(Cl)cc1)N1CCN=C1SCc1cccc(C(F)(F)F)c1. The van der Waals surface area contributed by atoms with Crippen LogP contribution in [0.1, 0.15) is 16.7 Å². The Morgan fingerprint density at radius 3 is 2.59 bits per heavy atom. The molecule has 1 amide bonds. The summed E-state index contributed by atoms with van der Waals surface area (Å²) in [7, 11) is 0. The zero-order valence-electron chi connectivity index (χ0n) is 14.2. The van der Waals surface area contributed by atoms with Crippen molar-refractivity contribution in [3.63, 3.8) is 0 Å². The number of amides is 1. The number of carbonyl (C=O) groups is 1. The number of alkyl halides is 3. The fraction of sp³-hybridized carbons (Fsp3) is 0.263. The van der Waals surface area contributed by atoms with E-state index in [4.69, 9.17) is 11.6 Å². The average molecular weight is 413 g/mol. The summed E-state index contributed by atoms with van der Waals surface area (Å²) in [6.07, 6.45) is -4.15. The van der Waals surface area contributed by atoms with Crippen molar-refractivity contribution in [1.29, 1.82) is 0 Å². The number of halogens is 4. The quantitative estimate of drug-likeness (QED) is 0.705. The molecular formula is C19H16ClF3N2OS. The maximum atomic E-state index is 12.8. The lowest BCUT2D eigenvalue weighted by Gasteiger charge is -2.18. The molecule has 27 heavy (non-hydrogen) atoms. The van der Waals surface area contributed by atoms with E-state index < -0.39 is 11.7 Å². The molecule has 3 rings (SSSR count). The number of rotatable bonds is 4. The third-order valence-corrected chi connectivity index (χ3v) is 5.33. The minimum atomic E-state index is -4.37. The summed E-state index contributed by atoms with van der Waals surface area (Å²) in [5, 5.41) is 1.15. The van der Waals surface area contributed by atoms with Gasteiger partial charge in [-0.25, -0.2) is 0 Å². The molecule has 1 heterocycles. The van der Waals surface area contributed by atoms with Crippen LogP contribution in [-0.4, -0.2) is 29.1 Å². The molecule has 0 unspecified atom stereocenters. The van der Waals surface area contributed by atoms with Gasteiger partial charge >= 0.3 is 6.18 Å². The van der Waals surface area contributed by atoms with Gasteiger partial charge < -0.3 is 0 Å². The first-order valence-corrected chi connectivity index (χ1v) is 9.57. The highest BCUT2D eigenvalue weighted by Gasteiger charge is 2.30. The second kappa shape index (κ2) is 8.35. The molecule has 0 aromatic heterocycles. The number of carbonyl (C=O) groups excluding carboxylic acids is 1. The number of thioether (sulfide) groups is 1. The van der Waals surface area contributed by atoms with Crippen molar-refractivity contribution in [1.82, 2.24) is 4.90 Å². The summed E-state index contributed by atoms with van der Waals surface area (Å²) >= 11 is 7.12. The first kappa shape index (κ1) is 19.8. The van der Waals surface area contributed by atoms with E-state index in [0.717, 1.165) is 17.7 Å². The molecule has 0 fully saturated rings. The minimum absolute atomic E-state index is 0.0925. The summed E-state index contributed by atoms with van der Waals surface area (Å²) in [6.45, 7) is 0.981. The minimum Gasteiger partial charge on any atom is -0.289 e. The number of hydrogen-bond acceptors (Lipinski definition) is 3. The topological polar surface area (TPSA) is 32.7 Å². The first-order valence-electron chi connectivity index (χ1n) is 8.21. The van der Waals surface area contributed by atoms with Crippen LogP contribution >= 0.6 is 23.4 Å². The molecule has 0 spiro atoms. The van der Waals surface area contributed by atoms with Gasteiger partial charge in [-0.05, 0) is 29.3 Å². The second-order valence-corrected chi connectivity index (χ2v) is 7.38. The number of hydrogen-bond donors (Lipinski definition) is 0. The van der Waals surface area contributed by atoms with Gasteiger partial charge in [-0.2, -0.15) is 13.2 Å². The van der Waals surface area contributed by atoms with Crippen molar-refractivity contribution in [3.8, 4) is 0 Å². The fourth-order valence-electron chi connectivity index (χ4n) is 2.64.